The molecule has 2 aromatic rings. The zero-order valence-corrected chi connectivity index (χ0v) is 11.2. The zero-order chi connectivity index (χ0) is 14.5. The van der Waals surface area contributed by atoms with Crippen LogP contribution in [0.2, 0.25) is 0 Å². The van der Waals surface area contributed by atoms with E-state index in [1.165, 1.54) is 31.4 Å². The van der Waals surface area contributed by atoms with Crippen LogP contribution < -0.4 is 5.32 Å². The second kappa shape index (κ2) is 6.20. The summed E-state index contributed by atoms with van der Waals surface area (Å²) in [5, 5.41) is 10.7. The predicted octanol–water partition coefficient (Wildman–Crippen LogP) is 1.64. The molecule has 6 nitrogen and oxygen atoms in total. The number of aromatic nitrogens is 2. The molecule has 104 valence electrons. The minimum absolute atomic E-state index is 0.000581. The maximum absolute atomic E-state index is 12.7. The van der Waals surface area contributed by atoms with Gasteiger partial charge in [0.15, 0.2) is 0 Å². The number of esters is 1. The zero-order valence-electron chi connectivity index (χ0n) is 10.4. The van der Waals surface area contributed by atoms with E-state index in [1.807, 2.05) is 0 Å². The van der Waals surface area contributed by atoms with Crippen LogP contribution in [0.1, 0.15) is 15.4 Å². The fraction of sp³-hybridized carbons (Fsp3) is 0.167. The molecule has 8 heteroatoms. The van der Waals surface area contributed by atoms with Crippen LogP contribution in [0.15, 0.2) is 24.3 Å². The lowest BCUT2D eigenvalue weighted by molar-refractivity contribution is -0.139. The molecule has 0 aliphatic carbocycles. The lowest BCUT2D eigenvalue weighted by atomic mass is 10.2. The number of hydrogen-bond acceptors (Lipinski definition) is 6. The molecule has 1 N–H and O–H groups in total. The first kappa shape index (κ1) is 14.1. The predicted molar refractivity (Wildman–Crippen MR) is 70.0 cm³/mol. The van der Waals surface area contributed by atoms with Gasteiger partial charge >= 0.3 is 5.97 Å². The van der Waals surface area contributed by atoms with Crippen molar-refractivity contribution < 1.29 is 18.7 Å². The molecule has 2 rings (SSSR count). The molecule has 0 fully saturated rings. The number of amides is 1. The largest absolute Gasteiger partial charge is 0.469 e. The molecule has 1 aromatic heterocycles. The first-order valence-electron chi connectivity index (χ1n) is 5.54. The standard InChI is InChI=1S/C12H10FN3O3S/c1-19-10(17)6-9-15-16-12(20-9)14-11(18)7-2-4-8(13)5-3-7/h2-5H,6H2,1H3,(H,14,16,18). The molecule has 0 atom stereocenters. The third kappa shape index (κ3) is 3.58. The highest BCUT2D eigenvalue weighted by molar-refractivity contribution is 7.15. The van der Waals surface area contributed by atoms with Gasteiger partial charge in [0, 0.05) is 5.56 Å². The Balaban J connectivity index is 2.01. The second-order valence-corrected chi connectivity index (χ2v) is 4.78. The van der Waals surface area contributed by atoms with Crippen LogP contribution >= 0.6 is 11.3 Å². The Morgan fingerprint density at radius 1 is 1.30 bits per heavy atom. The van der Waals surface area contributed by atoms with Gasteiger partial charge in [0.25, 0.3) is 5.91 Å². The maximum atomic E-state index is 12.7. The third-order valence-electron chi connectivity index (χ3n) is 2.32. The van der Waals surface area contributed by atoms with Gasteiger partial charge in [-0.05, 0) is 24.3 Å². The molecule has 1 heterocycles. The highest BCUT2D eigenvalue weighted by Crippen LogP contribution is 2.17. The molecule has 1 aromatic carbocycles. The summed E-state index contributed by atoms with van der Waals surface area (Å²) in [6.07, 6.45) is 0.000581. The number of methoxy groups -OCH3 is 1. The molecular formula is C12H10FN3O3S. The van der Waals surface area contributed by atoms with Gasteiger partial charge < -0.3 is 4.74 Å². The molecule has 1 amide bonds. The van der Waals surface area contributed by atoms with Crippen LogP contribution in [0.4, 0.5) is 9.52 Å². The van der Waals surface area contributed by atoms with Crippen LogP contribution in [0.3, 0.4) is 0 Å². The van der Waals surface area contributed by atoms with Crippen molar-refractivity contribution in [1.29, 1.82) is 0 Å². The van der Waals surface area contributed by atoms with Gasteiger partial charge in [-0.15, -0.1) is 10.2 Å². The van der Waals surface area contributed by atoms with E-state index in [0.717, 1.165) is 11.3 Å². The van der Waals surface area contributed by atoms with E-state index in [9.17, 15) is 14.0 Å². The van der Waals surface area contributed by atoms with Crippen molar-refractivity contribution in [2.75, 3.05) is 12.4 Å². The Kier molecular flexibility index (Phi) is 4.36. The molecule has 0 aliphatic rings. The van der Waals surface area contributed by atoms with E-state index in [4.69, 9.17) is 0 Å². The van der Waals surface area contributed by atoms with E-state index < -0.39 is 17.7 Å². The molecule has 0 radical (unpaired) electrons. The summed E-state index contributed by atoms with van der Waals surface area (Å²) >= 11 is 1.07. The normalized spacial score (nSPS) is 10.1. The number of nitrogens with one attached hydrogen (secondary N) is 1. The van der Waals surface area contributed by atoms with Crippen LogP contribution in [-0.2, 0) is 16.0 Å². The molecular weight excluding hydrogens is 285 g/mol. The van der Waals surface area contributed by atoms with E-state index in [2.05, 4.69) is 20.3 Å². The number of rotatable bonds is 4. The van der Waals surface area contributed by atoms with Crippen LogP contribution in [0.5, 0.6) is 0 Å². The molecule has 0 aliphatic heterocycles. The summed E-state index contributed by atoms with van der Waals surface area (Å²) in [6, 6.07) is 5.11. The third-order valence-corrected chi connectivity index (χ3v) is 3.16. The summed E-state index contributed by atoms with van der Waals surface area (Å²) in [6.45, 7) is 0. The summed E-state index contributed by atoms with van der Waals surface area (Å²) in [7, 11) is 1.28. The highest BCUT2D eigenvalue weighted by Gasteiger charge is 2.12. The minimum atomic E-state index is -0.433. The molecule has 0 unspecified atom stereocenters. The van der Waals surface area contributed by atoms with Gasteiger partial charge in [-0.2, -0.15) is 0 Å². The van der Waals surface area contributed by atoms with Crippen molar-refractivity contribution in [2.45, 2.75) is 6.42 Å². The number of carbonyl (C=O) groups excluding carboxylic acids is 2. The average molecular weight is 295 g/mol. The van der Waals surface area contributed by atoms with Gasteiger partial charge in [0.2, 0.25) is 5.13 Å². The number of nitrogens with zero attached hydrogens (tertiary/aromatic N) is 2. The Hall–Kier alpha value is -2.35. The quantitative estimate of drug-likeness (QED) is 0.867. The number of benzene rings is 1. The minimum Gasteiger partial charge on any atom is -0.469 e. The van der Waals surface area contributed by atoms with Crippen molar-refractivity contribution in [3.8, 4) is 0 Å². The fourth-order valence-corrected chi connectivity index (χ4v) is 2.06. The van der Waals surface area contributed by atoms with Crippen LogP contribution in [-0.4, -0.2) is 29.2 Å². The summed E-state index contributed by atoms with van der Waals surface area (Å²) in [5.74, 6) is -1.28. The molecule has 0 saturated heterocycles. The summed E-state index contributed by atoms with van der Waals surface area (Å²) in [5.41, 5.74) is 0.302. The molecule has 0 bridgehead atoms. The lowest BCUT2D eigenvalue weighted by Gasteiger charge is -2.00. The number of anilines is 1. The fourth-order valence-electron chi connectivity index (χ4n) is 1.34. The van der Waals surface area contributed by atoms with Gasteiger partial charge in [-0.1, -0.05) is 11.3 Å². The van der Waals surface area contributed by atoms with Crippen LogP contribution in [0.25, 0.3) is 0 Å². The van der Waals surface area contributed by atoms with Gasteiger partial charge in [-0.25, -0.2) is 4.39 Å². The first-order valence-corrected chi connectivity index (χ1v) is 6.36. The Labute approximate surface area is 117 Å². The smallest absolute Gasteiger partial charge is 0.312 e. The van der Waals surface area contributed by atoms with Crippen molar-refractivity contribution in [2.24, 2.45) is 0 Å². The Morgan fingerprint density at radius 3 is 2.65 bits per heavy atom. The average Bonchev–Trinajstić information content (AvgIpc) is 2.86. The molecule has 0 spiro atoms. The van der Waals surface area contributed by atoms with Gasteiger partial charge in [0.05, 0.1) is 13.5 Å². The summed E-state index contributed by atoms with van der Waals surface area (Å²) in [4.78, 5) is 22.9. The van der Waals surface area contributed by atoms with E-state index >= 15 is 0 Å². The SMILES string of the molecule is COC(=O)Cc1nnc(NC(=O)c2ccc(F)cc2)s1. The lowest BCUT2D eigenvalue weighted by Crippen LogP contribution is -2.11. The highest BCUT2D eigenvalue weighted by atomic mass is 32.1. The van der Waals surface area contributed by atoms with Crippen LogP contribution in [0, 0.1) is 5.82 Å². The maximum Gasteiger partial charge on any atom is 0.312 e. The first-order chi connectivity index (χ1) is 9.58. The number of carbonyl (C=O) groups is 2. The Morgan fingerprint density at radius 2 is 2.00 bits per heavy atom. The van der Waals surface area contributed by atoms with Crippen molar-refractivity contribution in [1.82, 2.24) is 10.2 Å². The van der Waals surface area contributed by atoms with Crippen molar-refractivity contribution >= 4 is 28.3 Å². The second-order valence-electron chi connectivity index (χ2n) is 3.71. The number of ether oxygens (including phenoxy) is 1. The van der Waals surface area contributed by atoms with Gasteiger partial charge in [0.1, 0.15) is 10.8 Å². The summed E-state index contributed by atoms with van der Waals surface area (Å²) < 4.78 is 17.2. The monoisotopic (exact) mass is 295 g/mol. The Bertz CT molecular complexity index is 627. The number of hydrogen-bond donors (Lipinski definition) is 1. The van der Waals surface area contributed by atoms with Crippen molar-refractivity contribution in [3.63, 3.8) is 0 Å². The number of halogens is 1. The van der Waals surface area contributed by atoms with E-state index in [0.29, 0.717) is 10.6 Å². The molecule has 0 saturated carbocycles. The van der Waals surface area contributed by atoms with E-state index in [-0.39, 0.29) is 11.6 Å². The van der Waals surface area contributed by atoms with E-state index in [1.54, 1.807) is 0 Å². The van der Waals surface area contributed by atoms with Crippen molar-refractivity contribution in [3.05, 3.63) is 40.7 Å². The topological polar surface area (TPSA) is 81.2 Å². The van der Waals surface area contributed by atoms with Gasteiger partial charge in [-0.3, -0.25) is 14.9 Å². The molecule has 20 heavy (non-hydrogen) atoms.